The Morgan fingerprint density at radius 1 is 1.26 bits per heavy atom. The van der Waals surface area contributed by atoms with E-state index in [4.69, 9.17) is 9.84 Å². The molecule has 0 bridgehead atoms. The van der Waals surface area contributed by atoms with Gasteiger partial charge in [-0.2, -0.15) is 0 Å². The van der Waals surface area contributed by atoms with Gasteiger partial charge in [0.05, 0.1) is 12.5 Å². The first-order valence-electron chi connectivity index (χ1n) is 8.07. The molecule has 1 saturated carbocycles. The standard InChI is InChI=1S/C17H24N2O4/c1-2-23-15-5-3-4-12(10-15)11-18-17(22)19-14-8-6-13(7-9-14)16(20)21/h3-5,10,13-14H,2,6-9,11H2,1H3,(H,20,21)(H2,18,19,22). The van der Waals surface area contributed by atoms with Gasteiger partial charge in [0.1, 0.15) is 5.75 Å². The molecule has 1 aliphatic carbocycles. The summed E-state index contributed by atoms with van der Waals surface area (Å²) < 4.78 is 5.43. The molecule has 1 fully saturated rings. The van der Waals surface area contributed by atoms with Crippen LogP contribution in [-0.2, 0) is 11.3 Å². The van der Waals surface area contributed by atoms with Gasteiger partial charge in [0.25, 0.3) is 0 Å². The molecular formula is C17H24N2O4. The second-order valence-electron chi connectivity index (χ2n) is 5.79. The summed E-state index contributed by atoms with van der Waals surface area (Å²) in [5, 5.41) is 14.7. The van der Waals surface area contributed by atoms with E-state index in [2.05, 4.69) is 10.6 Å². The Hall–Kier alpha value is -2.24. The number of carbonyl (C=O) groups is 2. The van der Waals surface area contributed by atoms with Crippen LogP contribution in [0.1, 0.15) is 38.2 Å². The van der Waals surface area contributed by atoms with E-state index in [1.165, 1.54) is 0 Å². The van der Waals surface area contributed by atoms with Crippen molar-refractivity contribution in [1.29, 1.82) is 0 Å². The van der Waals surface area contributed by atoms with Crippen LogP contribution >= 0.6 is 0 Å². The van der Waals surface area contributed by atoms with E-state index in [9.17, 15) is 9.59 Å². The molecule has 0 atom stereocenters. The lowest BCUT2D eigenvalue weighted by Gasteiger charge is -2.26. The monoisotopic (exact) mass is 320 g/mol. The van der Waals surface area contributed by atoms with Gasteiger partial charge in [0.15, 0.2) is 0 Å². The molecule has 0 aliphatic heterocycles. The lowest BCUT2D eigenvalue weighted by molar-refractivity contribution is -0.142. The summed E-state index contributed by atoms with van der Waals surface area (Å²) in [6, 6.07) is 7.45. The van der Waals surface area contributed by atoms with Crippen LogP contribution in [0.25, 0.3) is 0 Å². The molecule has 0 unspecified atom stereocenters. The third kappa shape index (κ3) is 5.47. The zero-order valence-electron chi connectivity index (χ0n) is 13.4. The molecule has 0 saturated heterocycles. The molecule has 0 radical (unpaired) electrons. The molecule has 2 rings (SSSR count). The Morgan fingerprint density at radius 2 is 2.00 bits per heavy atom. The molecule has 0 aromatic heterocycles. The molecule has 0 spiro atoms. The second kappa shape index (κ2) is 8.41. The predicted octanol–water partition coefficient (Wildman–Crippen LogP) is 2.53. The lowest BCUT2D eigenvalue weighted by Crippen LogP contribution is -2.43. The van der Waals surface area contributed by atoms with Crippen LogP contribution in [0.2, 0.25) is 0 Å². The van der Waals surface area contributed by atoms with Gasteiger partial charge in [-0.15, -0.1) is 0 Å². The van der Waals surface area contributed by atoms with Crippen molar-refractivity contribution in [3.63, 3.8) is 0 Å². The topological polar surface area (TPSA) is 87.7 Å². The van der Waals surface area contributed by atoms with E-state index in [-0.39, 0.29) is 18.0 Å². The van der Waals surface area contributed by atoms with Crippen LogP contribution in [0.15, 0.2) is 24.3 Å². The van der Waals surface area contributed by atoms with Crippen molar-refractivity contribution in [2.24, 2.45) is 5.92 Å². The van der Waals surface area contributed by atoms with Crippen molar-refractivity contribution in [1.82, 2.24) is 10.6 Å². The van der Waals surface area contributed by atoms with Gasteiger partial charge in [-0.1, -0.05) is 12.1 Å². The smallest absolute Gasteiger partial charge is 0.315 e. The van der Waals surface area contributed by atoms with Crippen LogP contribution in [-0.4, -0.2) is 29.8 Å². The van der Waals surface area contributed by atoms with Gasteiger partial charge in [-0.3, -0.25) is 4.79 Å². The fraction of sp³-hybridized carbons (Fsp3) is 0.529. The highest BCUT2D eigenvalue weighted by Gasteiger charge is 2.26. The maximum absolute atomic E-state index is 11.9. The van der Waals surface area contributed by atoms with Gasteiger partial charge in [0, 0.05) is 12.6 Å². The first-order chi connectivity index (χ1) is 11.1. The van der Waals surface area contributed by atoms with Crippen LogP contribution < -0.4 is 15.4 Å². The Kier molecular flexibility index (Phi) is 6.26. The Labute approximate surface area is 136 Å². The quantitative estimate of drug-likeness (QED) is 0.751. The number of urea groups is 1. The van der Waals surface area contributed by atoms with Gasteiger partial charge in [-0.25, -0.2) is 4.79 Å². The first-order valence-corrected chi connectivity index (χ1v) is 8.07. The molecule has 6 heteroatoms. The van der Waals surface area contributed by atoms with Crippen LogP contribution in [0.5, 0.6) is 5.75 Å². The minimum Gasteiger partial charge on any atom is -0.494 e. The van der Waals surface area contributed by atoms with Crippen LogP contribution in [0.4, 0.5) is 4.79 Å². The van der Waals surface area contributed by atoms with E-state index in [0.717, 1.165) is 11.3 Å². The lowest BCUT2D eigenvalue weighted by atomic mass is 9.86. The van der Waals surface area contributed by atoms with Gasteiger partial charge in [0.2, 0.25) is 0 Å². The highest BCUT2D eigenvalue weighted by atomic mass is 16.5. The SMILES string of the molecule is CCOc1cccc(CNC(=O)NC2CCC(C(=O)O)CC2)c1. The average Bonchev–Trinajstić information content (AvgIpc) is 2.54. The summed E-state index contributed by atoms with van der Waals surface area (Å²) in [6.45, 7) is 2.96. The Morgan fingerprint density at radius 3 is 2.65 bits per heavy atom. The molecule has 23 heavy (non-hydrogen) atoms. The van der Waals surface area contributed by atoms with E-state index in [1.807, 2.05) is 31.2 Å². The maximum Gasteiger partial charge on any atom is 0.315 e. The number of carboxylic acids is 1. The highest BCUT2D eigenvalue weighted by Crippen LogP contribution is 2.24. The molecule has 1 aromatic carbocycles. The molecular weight excluding hydrogens is 296 g/mol. The van der Waals surface area contributed by atoms with Crippen molar-refractivity contribution in [2.45, 2.75) is 45.2 Å². The third-order valence-electron chi connectivity index (χ3n) is 4.07. The van der Waals surface area contributed by atoms with Crippen molar-refractivity contribution >= 4 is 12.0 Å². The van der Waals surface area contributed by atoms with E-state index in [1.54, 1.807) is 0 Å². The van der Waals surface area contributed by atoms with Crippen LogP contribution in [0, 0.1) is 5.92 Å². The number of carboxylic acid groups (broad SMARTS) is 1. The summed E-state index contributed by atoms with van der Waals surface area (Å²) in [4.78, 5) is 22.8. The maximum atomic E-state index is 11.9. The predicted molar refractivity (Wildman–Crippen MR) is 86.4 cm³/mol. The van der Waals surface area contributed by atoms with Crippen molar-refractivity contribution in [3.05, 3.63) is 29.8 Å². The molecule has 126 valence electrons. The Bertz CT molecular complexity index is 539. The van der Waals surface area contributed by atoms with Gasteiger partial charge < -0.3 is 20.5 Å². The molecule has 6 nitrogen and oxygen atoms in total. The molecule has 1 aliphatic rings. The van der Waals surface area contributed by atoms with E-state index in [0.29, 0.717) is 38.8 Å². The summed E-state index contributed by atoms with van der Waals surface area (Å²) >= 11 is 0. The zero-order chi connectivity index (χ0) is 16.7. The normalized spacial score (nSPS) is 20.6. The summed E-state index contributed by atoms with van der Waals surface area (Å²) in [5.74, 6) is -0.210. The van der Waals surface area contributed by atoms with Gasteiger partial charge in [-0.05, 0) is 50.3 Å². The third-order valence-corrected chi connectivity index (χ3v) is 4.07. The number of rotatable bonds is 6. The number of hydrogen-bond acceptors (Lipinski definition) is 3. The second-order valence-corrected chi connectivity index (χ2v) is 5.79. The summed E-state index contributed by atoms with van der Waals surface area (Å²) in [5.41, 5.74) is 0.973. The first kappa shape index (κ1) is 17.1. The summed E-state index contributed by atoms with van der Waals surface area (Å²) in [7, 11) is 0. The van der Waals surface area contributed by atoms with E-state index >= 15 is 0 Å². The zero-order valence-corrected chi connectivity index (χ0v) is 13.4. The molecule has 2 amide bonds. The number of aliphatic carboxylic acids is 1. The minimum atomic E-state index is -0.734. The summed E-state index contributed by atoms with van der Waals surface area (Å²) in [6.07, 6.45) is 2.67. The highest BCUT2D eigenvalue weighted by molar-refractivity contribution is 5.74. The number of ether oxygens (including phenoxy) is 1. The molecule has 1 aromatic rings. The van der Waals surface area contributed by atoms with Crippen LogP contribution in [0.3, 0.4) is 0 Å². The number of nitrogens with one attached hydrogen (secondary N) is 2. The number of carbonyl (C=O) groups excluding carboxylic acids is 1. The molecule has 3 N–H and O–H groups in total. The van der Waals surface area contributed by atoms with Crippen molar-refractivity contribution < 1.29 is 19.4 Å². The largest absolute Gasteiger partial charge is 0.494 e. The molecule has 0 heterocycles. The number of benzene rings is 1. The van der Waals surface area contributed by atoms with E-state index < -0.39 is 5.97 Å². The number of hydrogen-bond donors (Lipinski definition) is 3. The van der Waals surface area contributed by atoms with Crippen molar-refractivity contribution in [3.8, 4) is 5.75 Å². The fourth-order valence-electron chi connectivity index (χ4n) is 2.82. The van der Waals surface area contributed by atoms with Gasteiger partial charge >= 0.3 is 12.0 Å². The fourth-order valence-corrected chi connectivity index (χ4v) is 2.82. The minimum absolute atomic E-state index is 0.0559. The van der Waals surface area contributed by atoms with Crippen molar-refractivity contribution in [2.75, 3.05) is 6.61 Å². The average molecular weight is 320 g/mol. The Balaban J connectivity index is 1.73. The number of amides is 2.